The second-order valence-electron chi connectivity index (χ2n) is 14.8. The minimum atomic E-state index is -4.67. The SMILES string of the molecule is O=C(C=Cc1ccccc1CN1OC2C3OC(C4CC4)(C4CC4)OC3C3CC2(C(=O)NCc2cccc(C(=O)NCCO)c2)C1C(=O)O3)OCC(F)(F)F. The summed E-state index contributed by atoms with van der Waals surface area (Å²) in [5, 5.41) is 16.1. The smallest absolute Gasteiger partial charge is 0.422 e. The average molecular weight is 756 g/mol. The van der Waals surface area contributed by atoms with E-state index in [0.717, 1.165) is 31.8 Å². The summed E-state index contributed by atoms with van der Waals surface area (Å²) in [6, 6.07) is 12.2. The first-order chi connectivity index (χ1) is 25.9. The first-order valence-corrected chi connectivity index (χ1v) is 18.2. The second kappa shape index (κ2) is 14.1. The quantitative estimate of drug-likeness (QED) is 0.204. The number of hydrogen-bond donors (Lipinski definition) is 3. The zero-order chi connectivity index (χ0) is 37.8. The molecule has 13 nitrogen and oxygen atoms in total. The van der Waals surface area contributed by atoms with Crippen LogP contribution >= 0.6 is 0 Å². The van der Waals surface area contributed by atoms with Gasteiger partial charge >= 0.3 is 18.1 Å². The van der Waals surface area contributed by atoms with Gasteiger partial charge in [0.2, 0.25) is 5.91 Å². The van der Waals surface area contributed by atoms with Crippen LogP contribution in [0, 0.1) is 17.3 Å². The third-order valence-electron chi connectivity index (χ3n) is 11.1. The minimum Gasteiger partial charge on any atom is -0.458 e. The molecule has 3 N–H and O–H groups in total. The lowest BCUT2D eigenvalue weighted by Crippen LogP contribution is -2.69. The number of esters is 2. The van der Waals surface area contributed by atoms with Gasteiger partial charge in [-0.05, 0) is 60.6 Å². The van der Waals surface area contributed by atoms with Crippen molar-refractivity contribution < 1.29 is 61.2 Å². The van der Waals surface area contributed by atoms with Gasteiger partial charge in [-0.3, -0.25) is 19.2 Å². The van der Waals surface area contributed by atoms with Gasteiger partial charge < -0.3 is 34.7 Å². The molecule has 3 aliphatic heterocycles. The number of aliphatic hydroxyl groups excluding tert-OH is 1. The highest BCUT2D eigenvalue weighted by atomic mass is 19.4. The van der Waals surface area contributed by atoms with Gasteiger partial charge in [0.15, 0.2) is 18.4 Å². The highest BCUT2D eigenvalue weighted by molar-refractivity contribution is 5.95. The van der Waals surface area contributed by atoms with E-state index in [-0.39, 0.29) is 50.4 Å². The number of alkyl halides is 3. The van der Waals surface area contributed by atoms with E-state index in [1.807, 2.05) is 0 Å². The summed E-state index contributed by atoms with van der Waals surface area (Å²) < 4.78 is 61.8. The molecular weight excluding hydrogens is 715 g/mol. The molecule has 2 amide bonds. The lowest BCUT2D eigenvalue weighted by Gasteiger charge is -2.48. The standard InChI is InChI=1S/C38H40F3N3O10/c39-37(40,41)20-50-28(46)13-8-22-5-1-2-6-24(22)19-44-31-34(48)51-27-17-36(31,35(49)43-18-21-4-3-7-23(16-21)33(47)42-14-15-45)32(54-44)30-29(27)52-38(53-30,25-9-10-25)26-11-12-26/h1-8,13,16,25-27,29-32,45H,9-12,14-15,17-20H2,(H,42,47)(H,43,49). The summed E-state index contributed by atoms with van der Waals surface area (Å²) >= 11 is 0. The van der Waals surface area contributed by atoms with Gasteiger partial charge in [-0.1, -0.05) is 36.4 Å². The first kappa shape index (κ1) is 36.6. The molecule has 2 aromatic carbocycles. The van der Waals surface area contributed by atoms with Gasteiger partial charge in [-0.2, -0.15) is 18.2 Å². The van der Waals surface area contributed by atoms with E-state index in [0.29, 0.717) is 22.3 Å². The number of nitrogens with zero attached hydrogens (tertiary/aromatic N) is 1. The summed E-state index contributed by atoms with van der Waals surface area (Å²) in [7, 11) is 0. The van der Waals surface area contributed by atoms with Crippen molar-refractivity contribution in [1.82, 2.24) is 15.7 Å². The molecule has 0 spiro atoms. The Balaban J connectivity index is 1.09. The van der Waals surface area contributed by atoms with Crippen LogP contribution in [-0.2, 0) is 51.3 Å². The van der Waals surface area contributed by atoms with Crippen LogP contribution in [-0.4, -0.2) is 96.1 Å². The maximum Gasteiger partial charge on any atom is 0.422 e. The van der Waals surface area contributed by atoms with Gasteiger partial charge in [-0.15, -0.1) is 0 Å². The highest BCUT2D eigenvalue weighted by Gasteiger charge is 2.78. The molecule has 3 heterocycles. The second-order valence-corrected chi connectivity index (χ2v) is 14.8. The normalized spacial score (nSPS) is 29.8. The number of carbonyl (C=O) groups excluding carboxylic acids is 4. The number of hydrogen-bond acceptors (Lipinski definition) is 11. The third-order valence-corrected chi connectivity index (χ3v) is 11.1. The van der Waals surface area contributed by atoms with Crippen molar-refractivity contribution in [2.45, 2.75) is 87.6 Å². The Kier molecular flexibility index (Phi) is 9.53. The predicted molar refractivity (Wildman–Crippen MR) is 179 cm³/mol. The molecule has 3 saturated carbocycles. The van der Waals surface area contributed by atoms with Crippen LogP contribution in [0.15, 0.2) is 54.6 Å². The number of hydroxylamine groups is 2. The van der Waals surface area contributed by atoms with Crippen molar-refractivity contribution in [3.63, 3.8) is 0 Å². The number of fused-ring (bicyclic) bond motifs is 4. The monoisotopic (exact) mass is 755 g/mol. The van der Waals surface area contributed by atoms with Crippen molar-refractivity contribution in [3.05, 3.63) is 76.9 Å². The lowest BCUT2D eigenvalue weighted by atomic mass is 9.62. The Morgan fingerprint density at radius 2 is 1.74 bits per heavy atom. The topological polar surface area (TPSA) is 162 Å². The van der Waals surface area contributed by atoms with Crippen LogP contribution in [0.1, 0.15) is 59.2 Å². The summed E-state index contributed by atoms with van der Waals surface area (Å²) in [6.07, 6.45) is -1.73. The maximum absolute atomic E-state index is 14.7. The molecule has 0 radical (unpaired) electrons. The minimum absolute atomic E-state index is 0.0263. The van der Waals surface area contributed by atoms with Gasteiger partial charge in [0, 0.05) is 43.0 Å². The number of carbonyl (C=O) groups is 4. The summed E-state index contributed by atoms with van der Waals surface area (Å²) in [5.41, 5.74) is 0.489. The van der Waals surface area contributed by atoms with E-state index in [4.69, 9.17) is 24.2 Å². The summed E-state index contributed by atoms with van der Waals surface area (Å²) in [4.78, 5) is 60.1. The maximum atomic E-state index is 14.7. The fourth-order valence-electron chi connectivity index (χ4n) is 8.48. The number of rotatable bonds is 13. The summed E-state index contributed by atoms with van der Waals surface area (Å²) in [6.45, 7) is -1.88. The number of amides is 2. The van der Waals surface area contributed by atoms with Crippen molar-refractivity contribution in [3.8, 4) is 0 Å². The van der Waals surface area contributed by atoms with E-state index < -0.39 is 72.3 Å². The van der Waals surface area contributed by atoms with Crippen molar-refractivity contribution in [2.75, 3.05) is 19.8 Å². The molecule has 6 unspecified atom stereocenters. The molecule has 16 heteroatoms. The van der Waals surface area contributed by atoms with E-state index in [1.54, 1.807) is 48.5 Å². The molecule has 0 aromatic heterocycles. The van der Waals surface area contributed by atoms with Crippen molar-refractivity contribution >= 4 is 29.8 Å². The van der Waals surface area contributed by atoms with E-state index >= 15 is 0 Å². The average Bonchev–Trinajstić information content (AvgIpc) is 4.10. The van der Waals surface area contributed by atoms with Gasteiger partial charge in [0.25, 0.3) is 5.91 Å². The van der Waals surface area contributed by atoms with E-state index in [9.17, 15) is 32.3 Å². The summed E-state index contributed by atoms with van der Waals surface area (Å²) in [5.74, 6) is -3.17. The Morgan fingerprint density at radius 3 is 2.46 bits per heavy atom. The molecule has 2 aromatic rings. The van der Waals surface area contributed by atoms with Crippen LogP contribution in [0.4, 0.5) is 13.2 Å². The van der Waals surface area contributed by atoms with Crippen LogP contribution in [0.2, 0.25) is 0 Å². The fourth-order valence-corrected chi connectivity index (χ4v) is 8.48. The zero-order valence-electron chi connectivity index (χ0n) is 29.1. The Morgan fingerprint density at radius 1 is 1.00 bits per heavy atom. The molecular formula is C38H40F3N3O10. The molecule has 3 aliphatic carbocycles. The molecule has 288 valence electrons. The number of ether oxygens (including phenoxy) is 4. The molecule has 8 rings (SSSR count). The largest absolute Gasteiger partial charge is 0.458 e. The van der Waals surface area contributed by atoms with Crippen molar-refractivity contribution in [2.24, 2.45) is 17.3 Å². The number of nitrogens with one attached hydrogen (secondary N) is 2. The molecule has 6 atom stereocenters. The number of aliphatic hydroxyl groups is 1. The van der Waals surface area contributed by atoms with Gasteiger partial charge in [0.05, 0.1) is 13.2 Å². The predicted octanol–water partition coefficient (Wildman–Crippen LogP) is 2.94. The zero-order valence-corrected chi connectivity index (χ0v) is 29.1. The molecule has 6 aliphatic rings. The van der Waals surface area contributed by atoms with Gasteiger partial charge in [-0.25, -0.2) is 4.79 Å². The molecule has 2 bridgehead atoms. The Bertz CT molecular complexity index is 1840. The number of halogens is 3. The van der Waals surface area contributed by atoms with Crippen LogP contribution < -0.4 is 10.6 Å². The van der Waals surface area contributed by atoms with E-state index in [1.165, 1.54) is 11.1 Å². The third kappa shape index (κ3) is 6.78. The Labute approximate surface area is 308 Å². The van der Waals surface area contributed by atoms with Crippen LogP contribution in [0.25, 0.3) is 6.08 Å². The van der Waals surface area contributed by atoms with Crippen molar-refractivity contribution in [1.29, 1.82) is 0 Å². The first-order valence-electron chi connectivity index (χ1n) is 18.2. The van der Waals surface area contributed by atoms with E-state index in [2.05, 4.69) is 15.4 Å². The molecule has 6 fully saturated rings. The Hall–Kier alpha value is -4.35. The van der Waals surface area contributed by atoms with Crippen LogP contribution in [0.3, 0.4) is 0 Å². The highest BCUT2D eigenvalue weighted by Crippen LogP contribution is 2.63. The van der Waals surface area contributed by atoms with Crippen LogP contribution in [0.5, 0.6) is 0 Å². The lowest BCUT2D eigenvalue weighted by molar-refractivity contribution is -0.235. The molecule has 54 heavy (non-hydrogen) atoms. The van der Waals surface area contributed by atoms with Gasteiger partial charge in [0.1, 0.15) is 29.8 Å². The molecule has 3 saturated heterocycles. The number of benzene rings is 2. The fraction of sp³-hybridized carbons (Fsp3) is 0.526.